The minimum absolute atomic E-state index is 0.472. The van der Waals surface area contributed by atoms with Crippen LogP contribution in [0.1, 0.15) is 33.3 Å². The van der Waals surface area contributed by atoms with Crippen molar-refractivity contribution in [1.29, 1.82) is 0 Å². The van der Waals surface area contributed by atoms with Crippen molar-refractivity contribution in [3.63, 3.8) is 0 Å². The number of hydrogen-bond donors (Lipinski definition) is 0. The van der Waals surface area contributed by atoms with Crippen LogP contribution in [0.2, 0.25) is 0 Å². The Morgan fingerprint density at radius 3 is 2.27 bits per heavy atom. The number of rotatable bonds is 9. The van der Waals surface area contributed by atoms with E-state index < -0.39 is 0 Å². The summed E-state index contributed by atoms with van der Waals surface area (Å²) >= 11 is 0. The Labute approximate surface area is 157 Å². The molecule has 0 aliphatic rings. The van der Waals surface area contributed by atoms with E-state index in [1.54, 1.807) is 7.11 Å². The summed E-state index contributed by atoms with van der Waals surface area (Å²) in [6, 6.07) is 14.2. The highest BCUT2D eigenvalue weighted by atomic mass is 16.5. The molecule has 0 N–H and O–H groups in total. The van der Waals surface area contributed by atoms with Crippen LogP contribution in [0.4, 0.5) is 11.4 Å². The van der Waals surface area contributed by atoms with E-state index in [-0.39, 0.29) is 0 Å². The molecule has 140 valence electrons. The van der Waals surface area contributed by atoms with E-state index in [1.165, 1.54) is 5.69 Å². The molecule has 0 saturated carbocycles. The Kier molecular flexibility index (Phi) is 7.52. The van der Waals surface area contributed by atoms with Gasteiger partial charge in [-0.15, -0.1) is 0 Å². The molecule has 0 aromatic heterocycles. The van der Waals surface area contributed by atoms with Gasteiger partial charge in [0.1, 0.15) is 0 Å². The second-order valence-electron chi connectivity index (χ2n) is 6.56. The molecule has 2 aromatic carbocycles. The number of nitrogens with zero attached hydrogens (tertiary/aromatic N) is 2. The fourth-order valence-electron chi connectivity index (χ4n) is 2.63. The number of benzene rings is 2. The lowest BCUT2D eigenvalue weighted by Gasteiger charge is -2.20. The second-order valence-corrected chi connectivity index (χ2v) is 6.56. The van der Waals surface area contributed by atoms with Crippen molar-refractivity contribution in [2.24, 2.45) is 10.9 Å². The first-order valence-electron chi connectivity index (χ1n) is 9.27. The molecule has 4 nitrogen and oxygen atoms in total. The number of ether oxygens (including phenoxy) is 2. The van der Waals surface area contributed by atoms with E-state index in [4.69, 9.17) is 9.47 Å². The normalized spacial score (nSPS) is 11.2. The van der Waals surface area contributed by atoms with Crippen molar-refractivity contribution in [1.82, 2.24) is 0 Å². The van der Waals surface area contributed by atoms with Gasteiger partial charge in [0.05, 0.1) is 19.4 Å². The molecule has 0 amide bonds. The summed E-state index contributed by atoms with van der Waals surface area (Å²) in [5, 5.41) is 0. The van der Waals surface area contributed by atoms with E-state index in [9.17, 15) is 0 Å². The minimum atomic E-state index is 0.472. The number of methoxy groups -OCH3 is 1. The Morgan fingerprint density at radius 2 is 1.69 bits per heavy atom. The van der Waals surface area contributed by atoms with E-state index >= 15 is 0 Å². The summed E-state index contributed by atoms with van der Waals surface area (Å²) in [5.41, 5.74) is 3.13. The van der Waals surface area contributed by atoms with Crippen LogP contribution in [0.5, 0.6) is 11.5 Å². The van der Waals surface area contributed by atoms with Crippen molar-refractivity contribution >= 4 is 17.6 Å². The molecule has 0 saturated heterocycles. The van der Waals surface area contributed by atoms with Crippen LogP contribution in [0.3, 0.4) is 0 Å². The van der Waals surface area contributed by atoms with E-state index in [2.05, 4.69) is 49.7 Å². The highest BCUT2D eigenvalue weighted by molar-refractivity contribution is 5.83. The maximum atomic E-state index is 5.79. The van der Waals surface area contributed by atoms with Gasteiger partial charge < -0.3 is 14.4 Å². The highest BCUT2D eigenvalue weighted by Gasteiger charge is 2.06. The van der Waals surface area contributed by atoms with Crippen LogP contribution in [-0.4, -0.2) is 33.0 Å². The maximum Gasteiger partial charge on any atom is 0.161 e. The van der Waals surface area contributed by atoms with Crippen LogP contribution in [0.15, 0.2) is 47.5 Å². The molecule has 0 atom stereocenters. The molecule has 2 rings (SSSR count). The zero-order chi connectivity index (χ0) is 18.9. The Bertz CT molecular complexity index is 705. The maximum absolute atomic E-state index is 5.79. The summed E-state index contributed by atoms with van der Waals surface area (Å²) in [6.45, 7) is 11.3. The van der Waals surface area contributed by atoms with Gasteiger partial charge in [0, 0.05) is 25.0 Å². The van der Waals surface area contributed by atoms with Gasteiger partial charge in [-0.05, 0) is 67.8 Å². The van der Waals surface area contributed by atoms with Crippen LogP contribution in [-0.2, 0) is 0 Å². The van der Waals surface area contributed by atoms with Gasteiger partial charge in [0.15, 0.2) is 11.5 Å². The summed E-state index contributed by atoms with van der Waals surface area (Å²) in [4.78, 5) is 6.88. The van der Waals surface area contributed by atoms with E-state index in [0.29, 0.717) is 12.5 Å². The molecule has 0 bridgehead atoms. The van der Waals surface area contributed by atoms with Gasteiger partial charge in [0.2, 0.25) is 0 Å². The molecular weight excluding hydrogens is 324 g/mol. The average molecular weight is 354 g/mol. The van der Waals surface area contributed by atoms with E-state index in [0.717, 1.165) is 35.8 Å². The Balaban J connectivity index is 2.09. The van der Waals surface area contributed by atoms with Gasteiger partial charge in [0.25, 0.3) is 0 Å². The molecule has 0 heterocycles. The van der Waals surface area contributed by atoms with Crippen LogP contribution >= 0.6 is 0 Å². The molecule has 26 heavy (non-hydrogen) atoms. The van der Waals surface area contributed by atoms with E-state index in [1.807, 2.05) is 36.5 Å². The molecule has 0 spiro atoms. The predicted octanol–water partition coefficient (Wildman–Crippen LogP) is 5.33. The Morgan fingerprint density at radius 1 is 1.00 bits per heavy atom. The van der Waals surface area contributed by atoms with Crippen LogP contribution < -0.4 is 14.4 Å². The SMILES string of the molecule is CCN(CC)c1ccc(N=Cc2ccc(OCC(C)C)c(OC)c2)cc1. The van der Waals surface area contributed by atoms with Gasteiger partial charge in [-0.1, -0.05) is 13.8 Å². The zero-order valence-corrected chi connectivity index (χ0v) is 16.5. The lowest BCUT2D eigenvalue weighted by molar-refractivity contribution is 0.257. The first-order chi connectivity index (χ1) is 12.6. The lowest BCUT2D eigenvalue weighted by atomic mass is 10.2. The largest absolute Gasteiger partial charge is 0.493 e. The van der Waals surface area contributed by atoms with Crippen molar-refractivity contribution < 1.29 is 9.47 Å². The van der Waals surface area contributed by atoms with Gasteiger partial charge in [-0.3, -0.25) is 4.99 Å². The molecule has 4 heteroatoms. The fourth-order valence-corrected chi connectivity index (χ4v) is 2.63. The number of anilines is 1. The standard InChI is InChI=1S/C22H30N2O2/c1-6-24(7-2)20-11-9-19(10-12-20)23-15-18-8-13-21(22(14-18)25-5)26-16-17(3)4/h8-15,17H,6-7,16H2,1-5H3. The molecule has 0 fully saturated rings. The molecule has 0 aliphatic carbocycles. The molecule has 0 radical (unpaired) electrons. The van der Waals surface area contributed by atoms with Crippen molar-refractivity contribution in [2.75, 3.05) is 31.7 Å². The molecule has 2 aromatic rings. The first-order valence-corrected chi connectivity index (χ1v) is 9.27. The molecule has 0 unspecified atom stereocenters. The third-order valence-electron chi connectivity index (χ3n) is 4.10. The van der Waals surface area contributed by atoms with Crippen LogP contribution in [0, 0.1) is 5.92 Å². The number of hydrogen-bond acceptors (Lipinski definition) is 4. The van der Waals surface area contributed by atoms with Crippen LogP contribution in [0.25, 0.3) is 0 Å². The van der Waals surface area contributed by atoms with Gasteiger partial charge in [-0.25, -0.2) is 0 Å². The topological polar surface area (TPSA) is 34.1 Å². The zero-order valence-electron chi connectivity index (χ0n) is 16.5. The summed E-state index contributed by atoms with van der Waals surface area (Å²) in [6.07, 6.45) is 1.85. The highest BCUT2D eigenvalue weighted by Crippen LogP contribution is 2.28. The summed E-state index contributed by atoms with van der Waals surface area (Å²) < 4.78 is 11.2. The quantitative estimate of drug-likeness (QED) is 0.571. The third-order valence-corrected chi connectivity index (χ3v) is 4.10. The second kappa shape index (κ2) is 9.85. The fraction of sp³-hybridized carbons (Fsp3) is 0.409. The molecular formula is C22H30N2O2. The lowest BCUT2D eigenvalue weighted by Crippen LogP contribution is -2.21. The average Bonchev–Trinajstić information content (AvgIpc) is 2.66. The Hall–Kier alpha value is -2.49. The monoisotopic (exact) mass is 354 g/mol. The summed E-state index contributed by atoms with van der Waals surface area (Å²) in [5.74, 6) is 1.97. The number of aliphatic imine (C=N–C) groups is 1. The van der Waals surface area contributed by atoms with Crippen molar-refractivity contribution in [3.05, 3.63) is 48.0 Å². The molecule has 0 aliphatic heterocycles. The van der Waals surface area contributed by atoms with Gasteiger partial charge >= 0.3 is 0 Å². The first kappa shape index (κ1) is 19.8. The van der Waals surface area contributed by atoms with Gasteiger partial charge in [-0.2, -0.15) is 0 Å². The summed E-state index contributed by atoms with van der Waals surface area (Å²) in [7, 11) is 1.66. The minimum Gasteiger partial charge on any atom is -0.493 e. The van der Waals surface area contributed by atoms with Crippen molar-refractivity contribution in [3.8, 4) is 11.5 Å². The third kappa shape index (κ3) is 5.51. The smallest absolute Gasteiger partial charge is 0.161 e. The predicted molar refractivity (Wildman–Crippen MR) is 111 cm³/mol. The van der Waals surface area contributed by atoms with Crippen molar-refractivity contribution in [2.45, 2.75) is 27.7 Å².